The molecule has 0 saturated heterocycles. The van der Waals surface area contributed by atoms with Crippen molar-refractivity contribution in [1.82, 2.24) is 4.90 Å². The molecule has 2 aliphatic heterocycles. The van der Waals surface area contributed by atoms with Crippen molar-refractivity contribution in [3.8, 4) is 0 Å². The van der Waals surface area contributed by atoms with Gasteiger partial charge < -0.3 is 19.3 Å². The van der Waals surface area contributed by atoms with E-state index in [4.69, 9.17) is 14.5 Å². The summed E-state index contributed by atoms with van der Waals surface area (Å²) in [5.41, 5.74) is -0.347. The van der Waals surface area contributed by atoms with E-state index in [2.05, 4.69) is 15.9 Å². The highest BCUT2D eigenvalue weighted by Gasteiger charge is 2.67. The molecular formula is C26H26BrN3O5. The lowest BCUT2D eigenvalue weighted by Gasteiger charge is -2.49. The van der Waals surface area contributed by atoms with E-state index in [1.54, 1.807) is 7.05 Å². The topological polar surface area (TPSA) is 88.5 Å². The van der Waals surface area contributed by atoms with Gasteiger partial charge in [-0.3, -0.25) is 4.79 Å². The van der Waals surface area contributed by atoms with Gasteiger partial charge in [0.2, 0.25) is 0 Å². The number of nitrogens with zero attached hydrogens (tertiary/aromatic N) is 3. The first-order valence-corrected chi connectivity index (χ1v) is 11.7. The third kappa shape index (κ3) is 3.56. The number of amides is 1. The van der Waals surface area contributed by atoms with E-state index in [1.807, 2.05) is 74.2 Å². The smallest absolute Gasteiger partial charge is 0.344 e. The number of fused-ring (bicyclic) bond motifs is 1. The van der Waals surface area contributed by atoms with Gasteiger partial charge in [0.25, 0.3) is 5.91 Å². The number of benzene rings is 2. The second-order valence-corrected chi connectivity index (χ2v) is 10.1. The first-order valence-electron chi connectivity index (χ1n) is 10.9. The molecule has 9 heteroatoms. The van der Waals surface area contributed by atoms with Crippen molar-refractivity contribution >= 4 is 50.9 Å². The van der Waals surface area contributed by atoms with Crippen molar-refractivity contribution in [2.45, 2.75) is 32.0 Å². The van der Waals surface area contributed by atoms with Crippen LogP contribution >= 0.6 is 15.9 Å². The molecule has 2 aromatic rings. The second kappa shape index (κ2) is 8.64. The third-order valence-corrected chi connectivity index (χ3v) is 6.72. The Kier molecular flexibility index (Phi) is 6.09. The van der Waals surface area contributed by atoms with E-state index in [0.717, 1.165) is 15.7 Å². The van der Waals surface area contributed by atoms with Crippen LogP contribution in [0.3, 0.4) is 0 Å². The summed E-state index contributed by atoms with van der Waals surface area (Å²) in [6.07, 6.45) is 0. The average Bonchev–Trinajstić information content (AvgIpc) is 3.24. The lowest BCUT2D eigenvalue weighted by Crippen LogP contribution is -2.67. The Bertz CT molecular complexity index is 1290. The van der Waals surface area contributed by atoms with Crippen molar-refractivity contribution in [3.05, 3.63) is 69.7 Å². The van der Waals surface area contributed by atoms with Crippen LogP contribution in [0.4, 0.5) is 11.4 Å². The first kappa shape index (κ1) is 24.7. The van der Waals surface area contributed by atoms with Crippen molar-refractivity contribution in [2.24, 2.45) is 4.99 Å². The Morgan fingerprint density at radius 2 is 1.57 bits per heavy atom. The number of para-hydroxylation sites is 1. The molecular weight excluding hydrogens is 514 g/mol. The minimum atomic E-state index is -1.55. The van der Waals surface area contributed by atoms with Gasteiger partial charge in [-0.05, 0) is 51.1 Å². The van der Waals surface area contributed by atoms with Crippen LogP contribution in [0.1, 0.15) is 26.3 Å². The maximum absolute atomic E-state index is 14.0. The number of hydrogen-bond acceptors (Lipinski definition) is 7. The van der Waals surface area contributed by atoms with Crippen molar-refractivity contribution in [1.29, 1.82) is 0 Å². The van der Waals surface area contributed by atoms with E-state index >= 15 is 0 Å². The fourth-order valence-corrected chi connectivity index (χ4v) is 5.16. The Balaban J connectivity index is 2.18. The molecule has 2 aliphatic rings. The molecule has 8 nitrogen and oxygen atoms in total. The molecule has 0 aromatic heterocycles. The molecule has 1 unspecified atom stereocenters. The minimum absolute atomic E-state index is 0.124. The van der Waals surface area contributed by atoms with Crippen LogP contribution < -0.4 is 4.90 Å². The zero-order valence-electron chi connectivity index (χ0n) is 20.4. The van der Waals surface area contributed by atoms with E-state index in [0.29, 0.717) is 11.4 Å². The Labute approximate surface area is 212 Å². The number of halogens is 1. The van der Waals surface area contributed by atoms with E-state index in [-0.39, 0.29) is 11.1 Å². The molecule has 4 rings (SSSR count). The summed E-state index contributed by atoms with van der Waals surface area (Å²) in [7, 11) is 4.17. The minimum Gasteiger partial charge on any atom is -0.466 e. The summed E-state index contributed by atoms with van der Waals surface area (Å²) in [6.45, 7) is 5.53. The molecule has 2 aromatic carbocycles. The quantitative estimate of drug-likeness (QED) is 0.432. The zero-order valence-corrected chi connectivity index (χ0v) is 22.0. The van der Waals surface area contributed by atoms with Crippen molar-refractivity contribution in [3.63, 3.8) is 0 Å². The highest BCUT2D eigenvalue weighted by Crippen LogP contribution is 2.52. The predicted octanol–water partition coefficient (Wildman–Crippen LogP) is 4.00. The number of hydrogen-bond donors (Lipinski definition) is 0. The first-order chi connectivity index (χ1) is 16.5. The zero-order chi connectivity index (χ0) is 25.7. The van der Waals surface area contributed by atoms with E-state index in [9.17, 15) is 14.4 Å². The summed E-state index contributed by atoms with van der Waals surface area (Å²) in [5, 5.41) is 0. The normalized spacial score (nSPS) is 20.7. The standard InChI is InChI=1S/C26H26BrN3O5/c1-25(2,3)30-22(31)19(23(32)34-5)20(24(33)35-6)26(30)21(28-16-13-11-15(27)12-14-16)17-9-7-8-10-18(17)29(26)4/h7-14H,1-6H3. The van der Waals surface area contributed by atoms with Crippen LogP contribution in [0.15, 0.2) is 69.1 Å². The van der Waals surface area contributed by atoms with Crippen molar-refractivity contribution < 1.29 is 23.9 Å². The average molecular weight is 540 g/mol. The summed E-state index contributed by atoms with van der Waals surface area (Å²) in [4.78, 5) is 48.6. The molecule has 182 valence electrons. The van der Waals surface area contributed by atoms with E-state index < -0.39 is 29.0 Å². The monoisotopic (exact) mass is 539 g/mol. The fourth-order valence-electron chi connectivity index (χ4n) is 4.89. The van der Waals surface area contributed by atoms with Gasteiger partial charge >= 0.3 is 11.9 Å². The number of carbonyl (C=O) groups excluding carboxylic acids is 3. The number of ether oxygens (including phenoxy) is 2. The van der Waals surface area contributed by atoms with Gasteiger partial charge in [0, 0.05) is 28.3 Å². The molecule has 0 N–H and O–H groups in total. The highest BCUT2D eigenvalue weighted by molar-refractivity contribution is 9.10. The molecule has 0 bridgehead atoms. The van der Waals surface area contributed by atoms with Gasteiger partial charge in [0.05, 0.1) is 19.9 Å². The van der Waals surface area contributed by atoms with Gasteiger partial charge in [-0.1, -0.05) is 34.1 Å². The van der Waals surface area contributed by atoms with Crippen LogP contribution in [0.25, 0.3) is 0 Å². The SMILES string of the molecule is COC(=O)C1=C(C(=O)OC)C2(C(=Nc3ccc(Br)cc3)c3ccccc3N2C)N(C(C)(C)C)C1=O. The molecule has 0 aliphatic carbocycles. The summed E-state index contributed by atoms with van der Waals surface area (Å²) in [5.74, 6) is -2.35. The van der Waals surface area contributed by atoms with E-state index in [1.165, 1.54) is 19.1 Å². The number of esters is 2. The van der Waals surface area contributed by atoms with Crippen LogP contribution in [-0.4, -0.2) is 60.9 Å². The number of carbonyl (C=O) groups is 3. The maximum atomic E-state index is 14.0. The van der Waals surface area contributed by atoms with Gasteiger partial charge in [-0.25, -0.2) is 14.6 Å². The molecule has 1 spiro atoms. The summed E-state index contributed by atoms with van der Waals surface area (Å²) < 4.78 is 11.0. The van der Waals surface area contributed by atoms with Gasteiger partial charge in [-0.15, -0.1) is 0 Å². The number of anilines is 1. The summed E-state index contributed by atoms with van der Waals surface area (Å²) in [6, 6.07) is 14.9. The number of methoxy groups -OCH3 is 2. The van der Waals surface area contributed by atoms with Crippen LogP contribution in [0, 0.1) is 0 Å². The lowest BCUT2D eigenvalue weighted by atomic mass is 9.88. The molecule has 0 radical (unpaired) electrons. The molecule has 2 heterocycles. The number of likely N-dealkylation sites (N-methyl/N-ethyl adjacent to an activating group) is 1. The largest absolute Gasteiger partial charge is 0.466 e. The fraction of sp³-hybridized carbons (Fsp3) is 0.308. The summed E-state index contributed by atoms with van der Waals surface area (Å²) >= 11 is 3.44. The van der Waals surface area contributed by atoms with Gasteiger partial charge in [0.15, 0.2) is 5.66 Å². The third-order valence-electron chi connectivity index (χ3n) is 6.19. The van der Waals surface area contributed by atoms with Crippen LogP contribution in [0.5, 0.6) is 0 Å². The Morgan fingerprint density at radius 3 is 2.14 bits per heavy atom. The maximum Gasteiger partial charge on any atom is 0.344 e. The van der Waals surface area contributed by atoms with Crippen LogP contribution in [0.2, 0.25) is 0 Å². The molecule has 0 fully saturated rings. The molecule has 1 amide bonds. The molecule has 0 saturated carbocycles. The highest BCUT2D eigenvalue weighted by atomic mass is 79.9. The number of aliphatic imine (C=N–C) groups is 1. The number of rotatable bonds is 3. The van der Waals surface area contributed by atoms with Crippen LogP contribution in [-0.2, 0) is 23.9 Å². The molecule has 1 atom stereocenters. The van der Waals surface area contributed by atoms with Gasteiger partial charge in [0.1, 0.15) is 16.9 Å². The predicted molar refractivity (Wildman–Crippen MR) is 136 cm³/mol. The lowest BCUT2D eigenvalue weighted by molar-refractivity contribution is -0.141. The molecule has 35 heavy (non-hydrogen) atoms. The Hall–Kier alpha value is -3.46. The second-order valence-electron chi connectivity index (χ2n) is 9.23. The van der Waals surface area contributed by atoms with Crippen molar-refractivity contribution in [2.75, 3.05) is 26.2 Å². The van der Waals surface area contributed by atoms with Gasteiger partial charge in [-0.2, -0.15) is 0 Å². The Morgan fingerprint density at radius 1 is 0.971 bits per heavy atom.